The molecule has 0 aliphatic carbocycles. The molecule has 0 aliphatic rings. The maximum Gasteiger partial charge on any atom is 0.243 e. The highest BCUT2D eigenvalue weighted by Crippen LogP contribution is 2.17. The lowest BCUT2D eigenvalue weighted by Crippen LogP contribution is -2.40. The molecule has 1 amide bonds. The summed E-state index contributed by atoms with van der Waals surface area (Å²) in [5.41, 5.74) is 1.75. The van der Waals surface area contributed by atoms with Gasteiger partial charge in [0.25, 0.3) is 0 Å². The second-order valence-corrected chi connectivity index (χ2v) is 7.96. The van der Waals surface area contributed by atoms with Crippen molar-refractivity contribution >= 4 is 27.5 Å². The second-order valence-electron chi connectivity index (χ2n) is 5.61. The summed E-state index contributed by atoms with van der Waals surface area (Å²) < 4.78 is 26.5. The third-order valence-corrected chi connectivity index (χ3v) is 6.07. The van der Waals surface area contributed by atoms with Gasteiger partial charge in [0.15, 0.2) is 0 Å². The third-order valence-electron chi connectivity index (χ3n) is 3.77. The van der Waals surface area contributed by atoms with Crippen LogP contribution >= 0.6 is 11.6 Å². The van der Waals surface area contributed by atoms with Crippen molar-refractivity contribution in [3.63, 3.8) is 0 Å². The Hall–Kier alpha value is -1.89. The average molecular weight is 381 g/mol. The van der Waals surface area contributed by atoms with Gasteiger partial charge in [-0.1, -0.05) is 54.4 Å². The molecule has 0 saturated heterocycles. The van der Waals surface area contributed by atoms with Crippen LogP contribution in [0, 0.1) is 6.92 Å². The Morgan fingerprint density at radius 3 is 2.36 bits per heavy atom. The predicted octanol–water partition coefficient (Wildman–Crippen LogP) is 2.98. The Bertz CT molecular complexity index is 836. The number of carbonyl (C=O) groups excluding carboxylic acids is 1. The molecule has 0 heterocycles. The minimum atomic E-state index is -3.71. The zero-order valence-corrected chi connectivity index (χ0v) is 15.8. The maximum atomic E-state index is 12.7. The van der Waals surface area contributed by atoms with E-state index in [1.807, 2.05) is 19.1 Å². The summed E-state index contributed by atoms with van der Waals surface area (Å²) in [6, 6.07) is 13.8. The molecule has 134 valence electrons. The first-order valence-electron chi connectivity index (χ1n) is 7.91. The maximum absolute atomic E-state index is 12.7. The Labute approximate surface area is 153 Å². The number of benzene rings is 2. The van der Waals surface area contributed by atoms with Crippen LogP contribution in [-0.4, -0.2) is 31.7 Å². The number of carbonyl (C=O) groups is 1. The van der Waals surface area contributed by atoms with E-state index in [-0.39, 0.29) is 30.4 Å². The van der Waals surface area contributed by atoms with Gasteiger partial charge in [-0.3, -0.25) is 4.79 Å². The van der Waals surface area contributed by atoms with E-state index in [4.69, 9.17) is 11.6 Å². The van der Waals surface area contributed by atoms with E-state index < -0.39 is 10.0 Å². The zero-order valence-electron chi connectivity index (χ0n) is 14.2. The van der Waals surface area contributed by atoms with Crippen molar-refractivity contribution < 1.29 is 13.2 Å². The molecule has 0 aromatic heterocycles. The van der Waals surface area contributed by atoms with Gasteiger partial charge in [-0.2, -0.15) is 4.31 Å². The van der Waals surface area contributed by atoms with Gasteiger partial charge >= 0.3 is 0 Å². The van der Waals surface area contributed by atoms with Crippen LogP contribution in [0.5, 0.6) is 0 Å². The minimum Gasteiger partial charge on any atom is -0.351 e. The van der Waals surface area contributed by atoms with Gasteiger partial charge in [-0.05, 0) is 30.7 Å². The van der Waals surface area contributed by atoms with Crippen molar-refractivity contribution in [1.82, 2.24) is 9.62 Å². The van der Waals surface area contributed by atoms with Gasteiger partial charge in [0.1, 0.15) is 0 Å². The van der Waals surface area contributed by atoms with Crippen molar-refractivity contribution in [1.29, 1.82) is 0 Å². The predicted molar refractivity (Wildman–Crippen MR) is 98.9 cm³/mol. The number of halogens is 1. The summed E-state index contributed by atoms with van der Waals surface area (Å²) >= 11 is 6.05. The van der Waals surface area contributed by atoms with Crippen LogP contribution in [-0.2, 0) is 21.4 Å². The van der Waals surface area contributed by atoms with Gasteiger partial charge in [-0.15, -0.1) is 0 Å². The minimum absolute atomic E-state index is 0.179. The van der Waals surface area contributed by atoms with E-state index in [0.717, 1.165) is 15.4 Å². The summed E-state index contributed by atoms with van der Waals surface area (Å²) in [6.45, 7) is 3.80. The number of sulfonamides is 1. The molecule has 2 aromatic carbocycles. The zero-order chi connectivity index (χ0) is 18.4. The van der Waals surface area contributed by atoms with E-state index in [1.165, 1.54) is 0 Å². The van der Waals surface area contributed by atoms with Crippen molar-refractivity contribution in [2.24, 2.45) is 0 Å². The van der Waals surface area contributed by atoms with Crippen LogP contribution < -0.4 is 5.32 Å². The number of hydrogen-bond donors (Lipinski definition) is 1. The molecule has 0 fully saturated rings. The van der Waals surface area contributed by atoms with Gasteiger partial charge in [0.05, 0.1) is 11.4 Å². The van der Waals surface area contributed by atoms with Crippen LogP contribution in [0.25, 0.3) is 0 Å². The van der Waals surface area contributed by atoms with Gasteiger partial charge < -0.3 is 5.32 Å². The number of rotatable bonds is 7. The first kappa shape index (κ1) is 19.4. The molecular weight excluding hydrogens is 360 g/mol. The number of hydrogen-bond acceptors (Lipinski definition) is 3. The molecule has 0 radical (unpaired) electrons. The van der Waals surface area contributed by atoms with Gasteiger partial charge in [0.2, 0.25) is 15.9 Å². The van der Waals surface area contributed by atoms with Gasteiger partial charge in [-0.25, -0.2) is 8.42 Å². The first-order valence-corrected chi connectivity index (χ1v) is 9.73. The molecule has 0 atom stereocenters. The summed E-state index contributed by atoms with van der Waals surface area (Å²) in [5.74, 6) is -0.377. The van der Waals surface area contributed by atoms with Crippen LogP contribution in [0.4, 0.5) is 0 Å². The van der Waals surface area contributed by atoms with E-state index in [1.54, 1.807) is 43.3 Å². The van der Waals surface area contributed by atoms with E-state index in [9.17, 15) is 13.2 Å². The van der Waals surface area contributed by atoms with Gasteiger partial charge in [0, 0.05) is 18.1 Å². The van der Waals surface area contributed by atoms with E-state index in [2.05, 4.69) is 5.32 Å². The fourth-order valence-corrected chi connectivity index (χ4v) is 3.89. The van der Waals surface area contributed by atoms with Crippen molar-refractivity contribution in [3.05, 3.63) is 64.7 Å². The number of nitrogens with zero attached hydrogens (tertiary/aromatic N) is 1. The second kappa shape index (κ2) is 8.47. The van der Waals surface area contributed by atoms with Crippen molar-refractivity contribution in [2.45, 2.75) is 25.3 Å². The summed E-state index contributed by atoms with van der Waals surface area (Å²) in [4.78, 5) is 12.3. The molecule has 2 aromatic rings. The molecule has 0 unspecified atom stereocenters. The normalized spacial score (nSPS) is 11.5. The lowest BCUT2D eigenvalue weighted by atomic mass is 10.2. The third kappa shape index (κ3) is 5.04. The first-order chi connectivity index (χ1) is 11.8. The quantitative estimate of drug-likeness (QED) is 0.803. The Kier molecular flexibility index (Phi) is 6.58. The van der Waals surface area contributed by atoms with Crippen molar-refractivity contribution in [2.75, 3.05) is 13.1 Å². The fraction of sp³-hybridized carbons (Fsp3) is 0.278. The van der Waals surface area contributed by atoms with Crippen molar-refractivity contribution in [3.8, 4) is 0 Å². The van der Waals surface area contributed by atoms with Crippen LogP contribution in [0.1, 0.15) is 18.1 Å². The molecule has 0 bridgehead atoms. The Morgan fingerprint density at radius 2 is 1.76 bits per heavy atom. The molecule has 1 N–H and O–H groups in total. The number of amides is 1. The van der Waals surface area contributed by atoms with E-state index >= 15 is 0 Å². The molecule has 5 nitrogen and oxygen atoms in total. The molecule has 0 saturated carbocycles. The highest BCUT2D eigenvalue weighted by Gasteiger charge is 2.25. The van der Waals surface area contributed by atoms with E-state index in [0.29, 0.717) is 5.02 Å². The van der Waals surface area contributed by atoms with Crippen LogP contribution in [0.2, 0.25) is 5.02 Å². The molecule has 7 heteroatoms. The highest BCUT2D eigenvalue weighted by atomic mass is 35.5. The topological polar surface area (TPSA) is 66.5 Å². The summed E-state index contributed by atoms with van der Waals surface area (Å²) in [6.07, 6.45) is 0. The molecule has 0 spiro atoms. The highest BCUT2D eigenvalue weighted by molar-refractivity contribution is 7.89. The smallest absolute Gasteiger partial charge is 0.243 e. The standard InChI is InChI=1S/C18H21ClN2O3S/c1-3-21(25(23,24)16-10-8-14(2)9-11-16)13-18(22)20-12-15-6-4-5-7-17(15)19/h4-11H,3,12-13H2,1-2H3,(H,20,22). The average Bonchev–Trinajstić information content (AvgIpc) is 2.59. The molecule has 2 rings (SSSR count). The number of aryl methyl sites for hydroxylation is 1. The number of likely N-dealkylation sites (N-methyl/N-ethyl adjacent to an activating group) is 1. The van der Waals surface area contributed by atoms with Crippen LogP contribution in [0.15, 0.2) is 53.4 Å². The Morgan fingerprint density at radius 1 is 1.12 bits per heavy atom. The SMILES string of the molecule is CCN(CC(=O)NCc1ccccc1Cl)S(=O)(=O)c1ccc(C)cc1. The molecule has 25 heavy (non-hydrogen) atoms. The van der Waals surface area contributed by atoms with Crippen LogP contribution in [0.3, 0.4) is 0 Å². The lowest BCUT2D eigenvalue weighted by Gasteiger charge is -2.20. The Balaban J connectivity index is 2.04. The monoisotopic (exact) mass is 380 g/mol. The summed E-state index contributed by atoms with van der Waals surface area (Å²) in [7, 11) is -3.71. The summed E-state index contributed by atoms with van der Waals surface area (Å²) in [5, 5.41) is 3.27. The molecule has 0 aliphatic heterocycles. The number of nitrogens with one attached hydrogen (secondary N) is 1. The lowest BCUT2D eigenvalue weighted by molar-refractivity contribution is -0.121. The fourth-order valence-electron chi connectivity index (χ4n) is 2.28. The largest absolute Gasteiger partial charge is 0.351 e. The molecular formula is C18H21ClN2O3S.